The predicted molar refractivity (Wildman–Crippen MR) is 55.3 cm³/mol. The van der Waals surface area contributed by atoms with Crippen molar-refractivity contribution >= 4 is 5.69 Å². The van der Waals surface area contributed by atoms with Crippen molar-refractivity contribution in [2.24, 2.45) is 5.73 Å². The Morgan fingerprint density at radius 1 is 1.57 bits per heavy atom. The van der Waals surface area contributed by atoms with Gasteiger partial charge in [-0.15, -0.1) is 0 Å². The van der Waals surface area contributed by atoms with Crippen LogP contribution in [-0.2, 0) is 0 Å². The first-order valence-corrected chi connectivity index (χ1v) is 4.52. The second kappa shape index (κ2) is 4.19. The highest BCUT2D eigenvalue weighted by Crippen LogP contribution is 2.26. The van der Waals surface area contributed by atoms with Crippen molar-refractivity contribution in [1.29, 1.82) is 0 Å². The number of nitro benzene ring substituents is 1. The molecule has 76 valence electrons. The summed E-state index contributed by atoms with van der Waals surface area (Å²) in [5, 5.41) is 10.7. The van der Waals surface area contributed by atoms with Crippen LogP contribution in [0.2, 0.25) is 0 Å². The van der Waals surface area contributed by atoms with E-state index < -0.39 is 0 Å². The Bertz CT molecular complexity index is 350. The van der Waals surface area contributed by atoms with E-state index in [0.717, 1.165) is 11.1 Å². The zero-order valence-electron chi connectivity index (χ0n) is 8.36. The first-order chi connectivity index (χ1) is 6.57. The maximum Gasteiger partial charge on any atom is 0.272 e. The molecule has 0 aliphatic rings. The van der Waals surface area contributed by atoms with E-state index in [1.54, 1.807) is 13.0 Å². The maximum atomic E-state index is 10.7. The van der Waals surface area contributed by atoms with Crippen LogP contribution in [0.5, 0.6) is 0 Å². The smallest absolute Gasteiger partial charge is 0.272 e. The molecule has 1 rings (SSSR count). The molecule has 14 heavy (non-hydrogen) atoms. The molecule has 0 amide bonds. The highest BCUT2D eigenvalue weighted by Gasteiger charge is 2.15. The lowest BCUT2D eigenvalue weighted by Crippen LogP contribution is -2.10. The summed E-state index contributed by atoms with van der Waals surface area (Å²) >= 11 is 0. The van der Waals surface area contributed by atoms with Gasteiger partial charge in [-0.25, -0.2) is 0 Å². The third kappa shape index (κ3) is 1.90. The van der Waals surface area contributed by atoms with Crippen LogP contribution in [-0.4, -0.2) is 11.5 Å². The topological polar surface area (TPSA) is 69.2 Å². The Labute approximate surface area is 82.9 Å². The molecule has 0 unspecified atom stereocenters. The normalized spacial score (nSPS) is 12.5. The van der Waals surface area contributed by atoms with Gasteiger partial charge in [0.15, 0.2) is 0 Å². The number of benzene rings is 1. The molecule has 0 aliphatic heterocycles. The fourth-order valence-corrected chi connectivity index (χ4v) is 1.50. The van der Waals surface area contributed by atoms with Crippen molar-refractivity contribution in [2.75, 3.05) is 6.54 Å². The molecule has 0 spiro atoms. The van der Waals surface area contributed by atoms with Gasteiger partial charge in [-0.2, -0.15) is 0 Å². The zero-order chi connectivity index (χ0) is 10.7. The number of nitrogens with two attached hydrogens (primary N) is 1. The summed E-state index contributed by atoms with van der Waals surface area (Å²) in [5.41, 5.74) is 7.38. The fourth-order valence-electron chi connectivity index (χ4n) is 1.50. The molecule has 0 radical (unpaired) electrons. The van der Waals surface area contributed by atoms with Gasteiger partial charge in [0.25, 0.3) is 5.69 Å². The van der Waals surface area contributed by atoms with Crippen LogP contribution < -0.4 is 5.73 Å². The molecule has 0 saturated carbocycles. The highest BCUT2D eigenvalue weighted by molar-refractivity contribution is 5.45. The molecule has 1 aromatic rings. The number of hydrogen-bond donors (Lipinski definition) is 1. The van der Waals surface area contributed by atoms with Crippen molar-refractivity contribution in [3.8, 4) is 0 Å². The summed E-state index contributed by atoms with van der Waals surface area (Å²) in [7, 11) is 0. The molecule has 2 N–H and O–H groups in total. The van der Waals surface area contributed by atoms with E-state index >= 15 is 0 Å². The molecule has 1 atom stereocenters. The van der Waals surface area contributed by atoms with E-state index in [-0.39, 0.29) is 16.5 Å². The lowest BCUT2D eigenvalue weighted by Gasteiger charge is -2.11. The van der Waals surface area contributed by atoms with E-state index in [2.05, 4.69) is 0 Å². The van der Waals surface area contributed by atoms with Crippen molar-refractivity contribution in [3.05, 3.63) is 39.4 Å². The minimum atomic E-state index is -0.359. The third-order valence-electron chi connectivity index (χ3n) is 2.43. The van der Waals surface area contributed by atoms with Gasteiger partial charge in [0.05, 0.1) is 4.92 Å². The molecule has 0 aromatic heterocycles. The molecule has 0 bridgehead atoms. The number of hydrogen-bond acceptors (Lipinski definition) is 3. The van der Waals surface area contributed by atoms with Crippen LogP contribution in [0.1, 0.15) is 24.0 Å². The van der Waals surface area contributed by atoms with Gasteiger partial charge in [0.1, 0.15) is 0 Å². The molecule has 0 heterocycles. The van der Waals surface area contributed by atoms with Gasteiger partial charge in [-0.3, -0.25) is 10.1 Å². The van der Waals surface area contributed by atoms with Gasteiger partial charge < -0.3 is 5.73 Å². The Hall–Kier alpha value is -1.42. The van der Waals surface area contributed by atoms with Gasteiger partial charge >= 0.3 is 0 Å². The molecule has 0 saturated heterocycles. The minimum Gasteiger partial charge on any atom is -0.330 e. The summed E-state index contributed by atoms with van der Waals surface area (Å²) in [6, 6.07) is 5.11. The van der Waals surface area contributed by atoms with Crippen molar-refractivity contribution in [2.45, 2.75) is 19.8 Å². The van der Waals surface area contributed by atoms with Gasteiger partial charge in [0.2, 0.25) is 0 Å². The quantitative estimate of drug-likeness (QED) is 0.590. The monoisotopic (exact) mass is 194 g/mol. The van der Waals surface area contributed by atoms with Crippen LogP contribution >= 0.6 is 0 Å². The van der Waals surface area contributed by atoms with Crippen LogP contribution in [0.4, 0.5) is 5.69 Å². The molecule has 4 nitrogen and oxygen atoms in total. The van der Waals surface area contributed by atoms with E-state index in [0.29, 0.717) is 6.54 Å². The number of nitrogens with zero attached hydrogens (tertiary/aromatic N) is 1. The molecule has 0 aliphatic carbocycles. The molecule has 1 aromatic carbocycles. The van der Waals surface area contributed by atoms with E-state index in [9.17, 15) is 10.1 Å². The number of rotatable bonds is 3. The fraction of sp³-hybridized carbons (Fsp3) is 0.400. The van der Waals surface area contributed by atoms with Crippen LogP contribution in [0.15, 0.2) is 18.2 Å². The van der Waals surface area contributed by atoms with Crippen LogP contribution in [0.3, 0.4) is 0 Å². The van der Waals surface area contributed by atoms with E-state index in [1.807, 2.05) is 13.0 Å². The summed E-state index contributed by atoms with van der Waals surface area (Å²) in [6.07, 6.45) is 0. The largest absolute Gasteiger partial charge is 0.330 e. The average molecular weight is 194 g/mol. The van der Waals surface area contributed by atoms with Crippen LogP contribution in [0.25, 0.3) is 0 Å². The van der Waals surface area contributed by atoms with Crippen LogP contribution in [0, 0.1) is 17.0 Å². The summed E-state index contributed by atoms with van der Waals surface area (Å²) in [4.78, 5) is 10.3. The van der Waals surface area contributed by atoms with Gasteiger partial charge in [-0.1, -0.05) is 19.1 Å². The second-order valence-electron chi connectivity index (χ2n) is 3.39. The third-order valence-corrected chi connectivity index (χ3v) is 2.43. The first-order valence-electron chi connectivity index (χ1n) is 4.52. The minimum absolute atomic E-state index is 0.162. The number of nitro groups is 1. The predicted octanol–water partition coefficient (Wildman–Crippen LogP) is 1.97. The lowest BCUT2D eigenvalue weighted by atomic mass is 9.95. The Kier molecular flexibility index (Phi) is 3.19. The molecular weight excluding hydrogens is 180 g/mol. The van der Waals surface area contributed by atoms with E-state index in [4.69, 9.17) is 5.73 Å². The zero-order valence-corrected chi connectivity index (χ0v) is 8.36. The van der Waals surface area contributed by atoms with Crippen molar-refractivity contribution in [1.82, 2.24) is 0 Å². The summed E-state index contributed by atoms with van der Waals surface area (Å²) in [6.45, 7) is 4.23. The molecule has 4 heteroatoms. The van der Waals surface area contributed by atoms with Gasteiger partial charge in [-0.05, 0) is 24.9 Å². The highest BCUT2D eigenvalue weighted by atomic mass is 16.6. The second-order valence-corrected chi connectivity index (χ2v) is 3.39. The Morgan fingerprint density at radius 3 is 2.71 bits per heavy atom. The van der Waals surface area contributed by atoms with Crippen molar-refractivity contribution < 1.29 is 4.92 Å². The first kappa shape index (κ1) is 10.7. The average Bonchev–Trinajstić information content (AvgIpc) is 2.16. The molecule has 0 fully saturated rings. The maximum absolute atomic E-state index is 10.7. The standard InChI is InChI=1S/C10H14N2O2/c1-7(6-11)9-4-3-5-10(8(9)2)12(13)14/h3-5,7H,6,11H2,1-2H3/t7-/m1/s1. The SMILES string of the molecule is Cc1c([C@H](C)CN)cccc1[N+](=O)[O-]. The molecular formula is C10H14N2O2. The summed E-state index contributed by atoms with van der Waals surface area (Å²) in [5.74, 6) is 0.162. The summed E-state index contributed by atoms with van der Waals surface area (Å²) < 4.78 is 0. The Morgan fingerprint density at radius 2 is 2.21 bits per heavy atom. The van der Waals surface area contributed by atoms with Gasteiger partial charge in [0, 0.05) is 11.6 Å². The van der Waals surface area contributed by atoms with Crippen molar-refractivity contribution in [3.63, 3.8) is 0 Å². The van der Waals surface area contributed by atoms with E-state index in [1.165, 1.54) is 6.07 Å². The Balaban J connectivity index is 3.20. The lowest BCUT2D eigenvalue weighted by molar-refractivity contribution is -0.385.